The van der Waals surface area contributed by atoms with Crippen molar-refractivity contribution in [2.24, 2.45) is 0 Å². The van der Waals surface area contributed by atoms with Gasteiger partial charge in [0.1, 0.15) is 0 Å². The molecule has 0 fully saturated rings. The second kappa shape index (κ2) is 13.7. The topological polar surface area (TPSA) is 52.6 Å². The Bertz CT molecular complexity index is 310. The molecule has 21 heavy (non-hydrogen) atoms. The van der Waals surface area contributed by atoms with Crippen molar-refractivity contribution >= 4 is 11.9 Å². The second-order valence-electron chi connectivity index (χ2n) is 5.36. The molecule has 0 heterocycles. The molecule has 0 bridgehead atoms. The summed E-state index contributed by atoms with van der Waals surface area (Å²) < 4.78 is 10.1. The molecule has 0 atom stereocenters. The van der Waals surface area contributed by atoms with Crippen molar-refractivity contribution in [3.8, 4) is 0 Å². The molecule has 0 aromatic rings. The van der Waals surface area contributed by atoms with Gasteiger partial charge in [0.15, 0.2) is 0 Å². The van der Waals surface area contributed by atoms with E-state index in [-0.39, 0.29) is 11.9 Å². The Labute approximate surface area is 128 Å². The van der Waals surface area contributed by atoms with Gasteiger partial charge in [-0.3, -0.25) is 4.79 Å². The number of carbonyl (C=O) groups excluding carboxylic acids is 2. The van der Waals surface area contributed by atoms with Gasteiger partial charge in [0, 0.05) is 12.0 Å². The van der Waals surface area contributed by atoms with Crippen molar-refractivity contribution in [2.45, 2.75) is 71.6 Å². The average Bonchev–Trinajstić information content (AvgIpc) is 2.45. The number of hydrogen-bond donors (Lipinski definition) is 0. The van der Waals surface area contributed by atoms with Crippen LogP contribution in [0.3, 0.4) is 0 Å². The summed E-state index contributed by atoms with van der Waals surface area (Å²) in [6.45, 7) is 8.29. The minimum atomic E-state index is -0.332. The number of carbonyl (C=O) groups is 2. The summed E-state index contributed by atoms with van der Waals surface area (Å²) in [4.78, 5) is 22.5. The molecule has 4 nitrogen and oxygen atoms in total. The smallest absolute Gasteiger partial charge is 0.333 e. The molecule has 0 aliphatic rings. The second-order valence-corrected chi connectivity index (χ2v) is 5.36. The third-order valence-electron chi connectivity index (χ3n) is 3.12. The van der Waals surface area contributed by atoms with E-state index in [9.17, 15) is 9.59 Å². The van der Waals surface area contributed by atoms with E-state index in [2.05, 4.69) is 13.5 Å². The monoisotopic (exact) mass is 298 g/mol. The third-order valence-corrected chi connectivity index (χ3v) is 3.12. The van der Waals surface area contributed by atoms with Gasteiger partial charge in [0.2, 0.25) is 0 Å². The fraction of sp³-hybridized carbons (Fsp3) is 0.765. The largest absolute Gasteiger partial charge is 0.466 e. The fourth-order valence-electron chi connectivity index (χ4n) is 1.80. The first kappa shape index (κ1) is 19.7. The van der Waals surface area contributed by atoms with Gasteiger partial charge in [-0.15, -0.1) is 0 Å². The molecule has 0 amide bonds. The van der Waals surface area contributed by atoms with Crippen LogP contribution in [-0.2, 0) is 19.1 Å². The minimum Gasteiger partial charge on any atom is -0.466 e. The lowest BCUT2D eigenvalue weighted by Crippen LogP contribution is -2.07. The molecule has 0 radical (unpaired) electrons. The molecule has 122 valence electrons. The molecule has 0 aromatic heterocycles. The van der Waals surface area contributed by atoms with Crippen LogP contribution in [0.5, 0.6) is 0 Å². The number of hydrogen-bond acceptors (Lipinski definition) is 4. The molecule has 4 heteroatoms. The van der Waals surface area contributed by atoms with Gasteiger partial charge >= 0.3 is 11.9 Å². The van der Waals surface area contributed by atoms with Crippen LogP contribution in [0.25, 0.3) is 0 Å². The summed E-state index contributed by atoms with van der Waals surface area (Å²) in [5, 5.41) is 0. The molecule has 0 saturated carbocycles. The Kier molecular flexibility index (Phi) is 12.8. The first-order chi connectivity index (χ1) is 10.1. The molecule has 0 N–H and O–H groups in total. The van der Waals surface area contributed by atoms with Crippen molar-refractivity contribution in [3.63, 3.8) is 0 Å². The van der Waals surface area contributed by atoms with Crippen LogP contribution >= 0.6 is 0 Å². The highest BCUT2D eigenvalue weighted by molar-refractivity contribution is 5.86. The van der Waals surface area contributed by atoms with Gasteiger partial charge in [0.05, 0.1) is 13.2 Å². The van der Waals surface area contributed by atoms with Gasteiger partial charge in [-0.05, 0) is 26.2 Å². The molecule has 0 saturated heterocycles. The lowest BCUT2D eigenvalue weighted by atomic mass is 10.1. The maximum atomic E-state index is 11.4. The fourth-order valence-corrected chi connectivity index (χ4v) is 1.80. The Balaban J connectivity index is 3.29. The molecule has 0 aliphatic carbocycles. The van der Waals surface area contributed by atoms with Crippen LogP contribution in [-0.4, -0.2) is 25.2 Å². The Morgan fingerprint density at radius 2 is 1.43 bits per heavy atom. The first-order valence-corrected chi connectivity index (χ1v) is 8.06. The van der Waals surface area contributed by atoms with E-state index >= 15 is 0 Å². The lowest BCUT2D eigenvalue weighted by Gasteiger charge is -2.05. The zero-order valence-corrected chi connectivity index (χ0v) is 13.6. The van der Waals surface area contributed by atoms with E-state index in [0.717, 1.165) is 38.5 Å². The molecule has 0 rings (SSSR count). The molecular weight excluding hydrogens is 268 g/mol. The van der Waals surface area contributed by atoms with Crippen LogP contribution in [0.1, 0.15) is 71.6 Å². The standard InChI is InChI=1S/C17H30O4/c1-4-5-6-10-13-20-16(18)12-9-7-8-11-14-21-17(19)15(2)3/h2,4-14H2,1,3H3. The highest BCUT2D eigenvalue weighted by Crippen LogP contribution is 2.06. The van der Waals surface area contributed by atoms with Crippen LogP contribution in [0.15, 0.2) is 12.2 Å². The van der Waals surface area contributed by atoms with Gasteiger partial charge in [-0.25, -0.2) is 4.79 Å². The number of esters is 2. The van der Waals surface area contributed by atoms with Gasteiger partial charge in [0.25, 0.3) is 0 Å². The summed E-state index contributed by atoms with van der Waals surface area (Å²) in [6, 6.07) is 0. The summed E-state index contributed by atoms with van der Waals surface area (Å²) in [5.41, 5.74) is 0.427. The Morgan fingerprint density at radius 1 is 0.857 bits per heavy atom. The van der Waals surface area contributed by atoms with Crippen LogP contribution in [0.2, 0.25) is 0 Å². The average molecular weight is 298 g/mol. The lowest BCUT2D eigenvalue weighted by molar-refractivity contribution is -0.144. The SMILES string of the molecule is C=C(C)C(=O)OCCCCCCC(=O)OCCCCCC. The summed E-state index contributed by atoms with van der Waals surface area (Å²) in [6.07, 6.45) is 8.54. The van der Waals surface area contributed by atoms with Crippen molar-refractivity contribution in [1.29, 1.82) is 0 Å². The number of rotatable bonds is 13. The molecule has 0 aromatic carbocycles. The normalized spacial score (nSPS) is 10.2. The summed E-state index contributed by atoms with van der Waals surface area (Å²) in [5.74, 6) is -0.429. The van der Waals surface area contributed by atoms with Gasteiger partial charge < -0.3 is 9.47 Å². The molecule has 0 unspecified atom stereocenters. The minimum absolute atomic E-state index is 0.0970. The highest BCUT2D eigenvalue weighted by Gasteiger charge is 2.04. The number of unbranched alkanes of at least 4 members (excludes halogenated alkanes) is 6. The van der Waals surface area contributed by atoms with E-state index < -0.39 is 0 Å². The first-order valence-electron chi connectivity index (χ1n) is 8.06. The zero-order chi connectivity index (χ0) is 15.9. The van der Waals surface area contributed by atoms with Crippen molar-refractivity contribution in [2.75, 3.05) is 13.2 Å². The predicted octanol–water partition coefficient (Wildman–Crippen LogP) is 4.18. The van der Waals surface area contributed by atoms with E-state index in [1.807, 2.05) is 0 Å². The van der Waals surface area contributed by atoms with Crippen molar-refractivity contribution in [3.05, 3.63) is 12.2 Å². The van der Waals surface area contributed by atoms with Crippen LogP contribution in [0.4, 0.5) is 0 Å². The summed E-state index contributed by atoms with van der Waals surface area (Å²) >= 11 is 0. The van der Waals surface area contributed by atoms with Crippen molar-refractivity contribution < 1.29 is 19.1 Å². The maximum absolute atomic E-state index is 11.4. The van der Waals surface area contributed by atoms with Crippen LogP contribution in [0, 0.1) is 0 Å². The van der Waals surface area contributed by atoms with E-state index in [4.69, 9.17) is 9.47 Å². The Hall–Kier alpha value is -1.32. The van der Waals surface area contributed by atoms with Crippen LogP contribution < -0.4 is 0 Å². The Morgan fingerprint density at radius 3 is 2.05 bits per heavy atom. The molecule has 0 aliphatic heterocycles. The third kappa shape index (κ3) is 13.4. The van der Waals surface area contributed by atoms with Crippen molar-refractivity contribution in [1.82, 2.24) is 0 Å². The summed E-state index contributed by atoms with van der Waals surface area (Å²) in [7, 11) is 0. The predicted molar refractivity (Wildman–Crippen MR) is 84.0 cm³/mol. The van der Waals surface area contributed by atoms with Gasteiger partial charge in [-0.1, -0.05) is 45.6 Å². The maximum Gasteiger partial charge on any atom is 0.333 e. The molecular formula is C17H30O4. The molecule has 0 spiro atoms. The quantitative estimate of drug-likeness (QED) is 0.291. The van der Waals surface area contributed by atoms with Gasteiger partial charge in [-0.2, -0.15) is 0 Å². The number of ether oxygens (including phenoxy) is 2. The zero-order valence-electron chi connectivity index (χ0n) is 13.6. The highest BCUT2D eigenvalue weighted by atomic mass is 16.5. The van der Waals surface area contributed by atoms with E-state index in [0.29, 0.717) is 25.2 Å². The van der Waals surface area contributed by atoms with E-state index in [1.54, 1.807) is 6.92 Å². The van der Waals surface area contributed by atoms with E-state index in [1.165, 1.54) is 12.8 Å².